The lowest BCUT2D eigenvalue weighted by Crippen LogP contribution is -2.43. The van der Waals surface area contributed by atoms with E-state index >= 15 is 0 Å². The zero-order valence-corrected chi connectivity index (χ0v) is 15.6. The van der Waals surface area contributed by atoms with Crippen LogP contribution in [0.5, 0.6) is 0 Å². The molecule has 3 fully saturated rings. The number of nitrogens with zero attached hydrogens (tertiary/aromatic N) is 3. The van der Waals surface area contributed by atoms with Gasteiger partial charge in [0.15, 0.2) is 5.78 Å². The molecule has 3 heterocycles. The molecule has 0 radical (unpaired) electrons. The van der Waals surface area contributed by atoms with Gasteiger partial charge in [0.2, 0.25) is 5.91 Å². The Morgan fingerprint density at radius 3 is 2.41 bits per heavy atom. The fourth-order valence-electron chi connectivity index (χ4n) is 4.43. The minimum atomic E-state index is -0.884. The van der Waals surface area contributed by atoms with Crippen LogP contribution in [0.25, 0.3) is 0 Å². The minimum Gasteiger partial charge on any atom is -0.480 e. The van der Waals surface area contributed by atoms with E-state index in [9.17, 15) is 19.5 Å². The number of amides is 1. The average Bonchev–Trinajstić information content (AvgIpc) is 3.44. The van der Waals surface area contributed by atoms with E-state index in [1.807, 2.05) is 6.07 Å². The molecule has 1 amide bonds. The van der Waals surface area contributed by atoms with Crippen molar-refractivity contribution in [1.29, 1.82) is 0 Å². The maximum absolute atomic E-state index is 12.5. The Labute approximate surface area is 158 Å². The van der Waals surface area contributed by atoms with Gasteiger partial charge in [-0.25, -0.2) is 9.78 Å². The molecule has 7 heteroatoms. The van der Waals surface area contributed by atoms with E-state index in [1.165, 1.54) is 6.92 Å². The molecule has 1 N–H and O–H groups in total. The molecule has 1 aromatic heterocycles. The number of rotatable bonds is 4. The molecule has 0 bridgehead atoms. The first-order valence-electron chi connectivity index (χ1n) is 9.64. The van der Waals surface area contributed by atoms with E-state index in [0.717, 1.165) is 44.6 Å². The van der Waals surface area contributed by atoms with E-state index in [-0.39, 0.29) is 23.0 Å². The van der Waals surface area contributed by atoms with Gasteiger partial charge in [0.25, 0.3) is 0 Å². The highest BCUT2D eigenvalue weighted by molar-refractivity contribution is 5.93. The number of hydrogen-bond acceptors (Lipinski definition) is 5. The normalized spacial score (nSPS) is 24.3. The van der Waals surface area contributed by atoms with Gasteiger partial charge in [0, 0.05) is 37.3 Å². The van der Waals surface area contributed by atoms with Crippen molar-refractivity contribution in [3.8, 4) is 0 Å². The molecule has 0 unspecified atom stereocenters. The molecule has 144 valence electrons. The predicted octanol–water partition coefficient (Wildman–Crippen LogP) is 1.97. The van der Waals surface area contributed by atoms with Crippen LogP contribution in [0.1, 0.15) is 49.4 Å². The molecule has 3 aliphatic rings. The Kier molecular flexibility index (Phi) is 4.40. The smallest absolute Gasteiger partial charge is 0.326 e. The predicted molar refractivity (Wildman–Crippen MR) is 98.6 cm³/mol. The molecule has 1 aliphatic carbocycles. The number of hydrogen-bond donors (Lipinski definition) is 1. The number of Topliss-reactive ketones (excluding diaryl/α,β-unsaturated/α-hetero) is 1. The molecular formula is C20H25N3O4. The van der Waals surface area contributed by atoms with Gasteiger partial charge in [-0.2, -0.15) is 0 Å². The summed E-state index contributed by atoms with van der Waals surface area (Å²) in [6.07, 6.45) is 5.64. The molecule has 1 atom stereocenters. The van der Waals surface area contributed by atoms with Gasteiger partial charge in [-0.05, 0) is 56.6 Å². The van der Waals surface area contributed by atoms with E-state index < -0.39 is 12.0 Å². The molecule has 27 heavy (non-hydrogen) atoms. The third-order valence-corrected chi connectivity index (χ3v) is 6.31. The van der Waals surface area contributed by atoms with Gasteiger partial charge in [0.05, 0.1) is 0 Å². The topological polar surface area (TPSA) is 90.8 Å². The fourth-order valence-corrected chi connectivity index (χ4v) is 4.43. The molecule has 1 aromatic rings. The van der Waals surface area contributed by atoms with Crippen molar-refractivity contribution in [3.05, 3.63) is 23.9 Å². The van der Waals surface area contributed by atoms with Crippen LogP contribution in [0.2, 0.25) is 0 Å². The number of carbonyl (C=O) groups is 3. The van der Waals surface area contributed by atoms with Crippen molar-refractivity contribution in [1.82, 2.24) is 9.88 Å². The van der Waals surface area contributed by atoms with E-state index in [4.69, 9.17) is 0 Å². The number of anilines is 1. The molecule has 1 spiro atoms. The van der Waals surface area contributed by atoms with Gasteiger partial charge in [0.1, 0.15) is 11.9 Å². The summed E-state index contributed by atoms with van der Waals surface area (Å²) in [4.78, 5) is 43.9. The van der Waals surface area contributed by atoms with Crippen molar-refractivity contribution in [2.75, 3.05) is 24.5 Å². The fraction of sp³-hybridized carbons (Fsp3) is 0.600. The van der Waals surface area contributed by atoms with Crippen LogP contribution in [0, 0.1) is 11.3 Å². The van der Waals surface area contributed by atoms with Gasteiger partial charge >= 0.3 is 5.97 Å². The van der Waals surface area contributed by atoms with Gasteiger partial charge < -0.3 is 14.9 Å². The second kappa shape index (κ2) is 6.62. The standard InChI is InChI=1S/C20H25N3O4/c1-13(24)15-4-5-17(21-11-15)22-8-6-20(7-9-22)10-16(19(26)27)23(12-20)18(25)14-2-3-14/h4-5,11,14,16H,2-3,6-10,12H2,1H3,(H,26,27)/t16-/m1/s1. The summed E-state index contributed by atoms with van der Waals surface area (Å²) in [5.41, 5.74) is 0.491. The van der Waals surface area contributed by atoms with Crippen LogP contribution in [-0.4, -0.2) is 58.3 Å². The van der Waals surface area contributed by atoms with Gasteiger partial charge in [-0.3, -0.25) is 9.59 Å². The first-order valence-corrected chi connectivity index (χ1v) is 9.64. The molecule has 0 aromatic carbocycles. The summed E-state index contributed by atoms with van der Waals surface area (Å²) in [6, 6.07) is 2.98. The number of aliphatic carboxylic acids is 1. The Morgan fingerprint density at radius 2 is 1.89 bits per heavy atom. The maximum Gasteiger partial charge on any atom is 0.326 e. The van der Waals surface area contributed by atoms with Gasteiger partial charge in [-0.15, -0.1) is 0 Å². The van der Waals surface area contributed by atoms with Crippen molar-refractivity contribution in [2.24, 2.45) is 11.3 Å². The lowest BCUT2D eigenvalue weighted by Gasteiger charge is -2.39. The summed E-state index contributed by atoms with van der Waals surface area (Å²) >= 11 is 0. The zero-order valence-electron chi connectivity index (χ0n) is 15.6. The number of ketones is 1. The number of piperidine rings is 1. The van der Waals surface area contributed by atoms with Crippen LogP contribution in [-0.2, 0) is 9.59 Å². The maximum atomic E-state index is 12.5. The van der Waals surface area contributed by atoms with E-state index in [2.05, 4.69) is 9.88 Å². The summed E-state index contributed by atoms with van der Waals surface area (Å²) in [5.74, 6) is 0.0327. The lowest BCUT2D eigenvalue weighted by atomic mass is 9.76. The minimum absolute atomic E-state index is 0.00210. The molecule has 2 saturated heterocycles. The highest BCUT2D eigenvalue weighted by atomic mass is 16.4. The van der Waals surface area contributed by atoms with Crippen LogP contribution < -0.4 is 4.90 Å². The number of aromatic nitrogens is 1. The average molecular weight is 371 g/mol. The Balaban J connectivity index is 1.43. The largest absolute Gasteiger partial charge is 0.480 e. The van der Waals surface area contributed by atoms with Crippen LogP contribution in [0.3, 0.4) is 0 Å². The monoisotopic (exact) mass is 371 g/mol. The van der Waals surface area contributed by atoms with Crippen molar-refractivity contribution < 1.29 is 19.5 Å². The molecular weight excluding hydrogens is 346 g/mol. The number of carboxylic acid groups (broad SMARTS) is 1. The Morgan fingerprint density at radius 1 is 1.19 bits per heavy atom. The first kappa shape index (κ1) is 17.9. The SMILES string of the molecule is CC(=O)c1ccc(N2CCC3(CC2)C[C@H](C(=O)O)N(C(=O)C2CC2)C3)nc1. The second-order valence-corrected chi connectivity index (χ2v) is 8.25. The zero-order chi connectivity index (χ0) is 19.2. The van der Waals surface area contributed by atoms with Gasteiger partial charge in [-0.1, -0.05) is 0 Å². The van der Waals surface area contributed by atoms with Crippen molar-refractivity contribution in [3.63, 3.8) is 0 Å². The first-order chi connectivity index (χ1) is 12.9. The lowest BCUT2D eigenvalue weighted by molar-refractivity contribution is -0.148. The number of pyridine rings is 1. The number of likely N-dealkylation sites (tertiary alicyclic amines) is 1. The summed E-state index contributed by atoms with van der Waals surface area (Å²) in [5, 5.41) is 9.61. The highest BCUT2D eigenvalue weighted by Gasteiger charge is 2.51. The van der Waals surface area contributed by atoms with Crippen molar-refractivity contribution in [2.45, 2.75) is 45.1 Å². The molecule has 2 aliphatic heterocycles. The van der Waals surface area contributed by atoms with Crippen LogP contribution in [0.15, 0.2) is 18.3 Å². The third kappa shape index (κ3) is 3.42. The summed E-state index contributed by atoms with van der Waals surface area (Å²) < 4.78 is 0. The Hall–Kier alpha value is -2.44. The van der Waals surface area contributed by atoms with Crippen LogP contribution >= 0.6 is 0 Å². The van der Waals surface area contributed by atoms with Crippen LogP contribution in [0.4, 0.5) is 5.82 Å². The van der Waals surface area contributed by atoms with E-state index in [1.54, 1.807) is 17.2 Å². The molecule has 7 nitrogen and oxygen atoms in total. The highest BCUT2D eigenvalue weighted by Crippen LogP contribution is 2.46. The third-order valence-electron chi connectivity index (χ3n) is 6.31. The quantitative estimate of drug-likeness (QED) is 0.814. The number of carbonyl (C=O) groups excluding carboxylic acids is 2. The summed E-state index contributed by atoms with van der Waals surface area (Å²) in [6.45, 7) is 3.65. The molecule has 4 rings (SSSR count). The second-order valence-electron chi connectivity index (χ2n) is 8.25. The number of carboxylic acids is 1. The van der Waals surface area contributed by atoms with Crippen molar-refractivity contribution >= 4 is 23.5 Å². The molecule has 1 saturated carbocycles. The summed E-state index contributed by atoms with van der Waals surface area (Å²) in [7, 11) is 0. The van der Waals surface area contributed by atoms with E-state index in [0.29, 0.717) is 18.5 Å². The Bertz CT molecular complexity index is 764.